The average molecular weight is 831 g/mol. The lowest BCUT2D eigenvalue weighted by Gasteiger charge is -2.20. The Bertz CT molecular complexity index is 3180. The first-order valence-corrected chi connectivity index (χ1v) is 21.9. The molecule has 0 unspecified atom stereocenters. The van der Waals surface area contributed by atoms with Crippen molar-refractivity contribution in [2.75, 3.05) is 0 Å². The van der Waals surface area contributed by atoms with Gasteiger partial charge in [0, 0.05) is 53.0 Å². The number of aromatic nitrogens is 6. The van der Waals surface area contributed by atoms with E-state index in [1.54, 1.807) is 23.5 Å². The summed E-state index contributed by atoms with van der Waals surface area (Å²) in [6.45, 7) is 0. The highest BCUT2D eigenvalue weighted by Gasteiger charge is 2.23. The zero-order valence-electron chi connectivity index (χ0n) is 33.1. The number of hydrogen-bond acceptors (Lipinski definition) is 8. The van der Waals surface area contributed by atoms with Crippen LogP contribution in [-0.4, -0.2) is 29.9 Å². The van der Waals surface area contributed by atoms with Crippen molar-refractivity contribution in [3.8, 4) is 90.6 Å². The molecule has 62 heavy (non-hydrogen) atoms. The average Bonchev–Trinajstić information content (AvgIpc) is 3.36. The summed E-state index contributed by atoms with van der Waals surface area (Å²) in [5.41, 5.74) is 10.00. The van der Waals surface area contributed by atoms with Crippen LogP contribution in [0.3, 0.4) is 0 Å². The van der Waals surface area contributed by atoms with Gasteiger partial charge < -0.3 is 0 Å². The van der Waals surface area contributed by atoms with Gasteiger partial charge in [-0.15, -0.1) is 0 Å². The van der Waals surface area contributed by atoms with Gasteiger partial charge in [-0.1, -0.05) is 193 Å². The van der Waals surface area contributed by atoms with Crippen LogP contribution in [0.2, 0.25) is 0 Å². The third-order valence-corrected chi connectivity index (χ3v) is 13.3. The molecule has 1 aliphatic heterocycles. The lowest BCUT2D eigenvalue weighted by Crippen LogP contribution is -2.02. The van der Waals surface area contributed by atoms with E-state index in [0.29, 0.717) is 34.9 Å². The Morgan fingerprint density at radius 3 is 1.10 bits per heavy atom. The Morgan fingerprint density at radius 2 is 0.565 bits per heavy atom. The van der Waals surface area contributed by atoms with E-state index in [1.807, 2.05) is 91.0 Å². The maximum atomic E-state index is 5.18. The van der Waals surface area contributed by atoms with Gasteiger partial charge in [-0.05, 0) is 58.7 Å². The minimum atomic E-state index is 0.623. The van der Waals surface area contributed by atoms with Gasteiger partial charge in [-0.2, -0.15) is 0 Å². The van der Waals surface area contributed by atoms with E-state index in [0.717, 1.165) is 60.5 Å². The van der Waals surface area contributed by atoms with Crippen LogP contribution in [0.5, 0.6) is 0 Å². The van der Waals surface area contributed by atoms with E-state index in [9.17, 15) is 0 Å². The Kier molecular flexibility index (Phi) is 9.97. The Balaban J connectivity index is 0.928. The number of nitrogens with zero attached hydrogens (tertiary/aromatic N) is 6. The molecular formula is C54H34N6S2. The summed E-state index contributed by atoms with van der Waals surface area (Å²) >= 11 is 3.57. The van der Waals surface area contributed by atoms with Crippen LogP contribution in [0, 0.1) is 0 Å². The summed E-state index contributed by atoms with van der Waals surface area (Å²) in [5.74, 6) is 3.82. The first kappa shape index (κ1) is 37.5. The molecule has 0 fully saturated rings. The number of fused-ring (bicyclic) bond motifs is 2. The molecule has 0 radical (unpaired) electrons. The van der Waals surface area contributed by atoms with Crippen LogP contribution in [0.1, 0.15) is 0 Å². The van der Waals surface area contributed by atoms with Crippen molar-refractivity contribution in [3.63, 3.8) is 0 Å². The molecule has 292 valence electrons. The first-order valence-electron chi connectivity index (χ1n) is 20.3. The van der Waals surface area contributed by atoms with Crippen molar-refractivity contribution in [2.45, 2.75) is 19.6 Å². The highest BCUT2D eigenvalue weighted by molar-refractivity contribution is 8.05. The summed E-state index contributed by atoms with van der Waals surface area (Å²) < 4.78 is 0. The molecule has 3 heterocycles. The molecule has 8 aromatic carbocycles. The van der Waals surface area contributed by atoms with Crippen molar-refractivity contribution >= 4 is 23.5 Å². The van der Waals surface area contributed by atoms with Gasteiger partial charge in [0.25, 0.3) is 0 Å². The minimum absolute atomic E-state index is 0.623. The molecule has 11 rings (SSSR count). The molecule has 0 atom stereocenters. The van der Waals surface area contributed by atoms with E-state index >= 15 is 0 Å². The van der Waals surface area contributed by atoms with Gasteiger partial charge in [0.1, 0.15) is 0 Å². The number of benzene rings is 8. The number of hydrogen-bond donors (Lipinski definition) is 0. The van der Waals surface area contributed by atoms with Crippen LogP contribution in [0.4, 0.5) is 0 Å². The van der Waals surface area contributed by atoms with E-state index in [2.05, 4.69) is 115 Å². The quantitative estimate of drug-likeness (QED) is 0.150. The molecule has 6 nitrogen and oxygen atoms in total. The van der Waals surface area contributed by atoms with E-state index in [4.69, 9.17) is 29.9 Å². The van der Waals surface area contributed by atoms with Crippen molar-refractivity contribution in [1.29, 1.82) is 0 Å². The molecule has 1 aliphatic rings. The van der Waals surface area contributed by atoms with Gasteiger partial charge in [-0.25, -0.2) is 29.9 Å². The van der Waals surface area contributed by atoms with Crippen molar-refractivity contribution in [1.82, 2.24) is 29.9 Å². The van der Waals surface area contributed by atoms with E-state index < -0.39 is 0 Å². The van der Waals surface area contributed by atoms with Crippen LogP contribution >= 0.6 is 23.5 Å². The highest BCUT2D eigenvalue weighted by atomic mass is 32.2. The fourth-order valence-electron chi connectivity index (χ4n) is 7.53. The summed E-state index contributed by atoms with van der Waals surface area (Å²) in [6.07, 6.45) is 0. The molecule has 8 heteroatoms. The van der Waals surface area contributed by atoms with E-state index in [1.165, 1.54) is 14.7 Å². The Labute approximate surface area is 368 Å². The second-order valence-electron chi connectivity index (χ2n) is 14.7. The third-order valence-electron chi connectivity index (χ3n) is 10.7. The smallest absolute Gasteiger partial charge is 0.165 e. The fraction of sp³-hybridized carbons (Fsp3) is 0. The summed E-state index contributed by atoms with van der Waals surface area (Å²) in [5, 5.41) is 0. The summed E-state index contributed by atoms with van der Waals surface area (Å²) in [4.78, 5) is 34.9. The van der Waals surface area contributed by atoms with Crippen molar-refractivity contribution in [2.24, 2.45) is 0 Å². The maximum Gasteiger partial charge on any atom is 0.165 e. The molecular weight excluding hydrogens is 797 g/mol. The van der Waals surface area contributed by atoms with Gasteiger partial charge in [0.05, 0.1) is 0 Å². The van der Waals surface area contributed by atoms with Crippen LogP contribution < -0.4 is 0 Å². The maximum absolute atomic E-state index is 5.18. The van der Waals surface area contributed by atoms with Crippen molar-refractivity contribution < 1.29 is 0 Å². The normalized spacial score (nSPS) is 11.7. The molecule has 0 bridgehead atoms. The standard InChI is InChI=1S/C54H34N6S2/c1-4-15-36(16-5-1)49-55-50(37-17-6-2-7-18-37)57-52(56-49)39-31-29-35(30-32-39)40-21-12-22-41(33-40)42-23-13-24-43(34-42)53-58-51(38-19-8-3-9-20-38)59-54(60-53)44-25-14-28-47-48(44)62-46-27-11-10-26-45(46)61-47/h1-34H. The molecule has 2 aromatic heterocycles. The molecule has 0 aliphatic carbocycles. The van der Waals surface area contributed by atoms with Crippen LogP contribution in [0.25, 0.3) is 90.6 Å². The highest BCUT2D eigenvalue weighted by Crippen LogP contribution is 2.51. The van der Waals surface area contributed by atoms with Gasteiger partial charge >= 0.3 is 0 Å². The predicted octanol–water partition coefficient (Wildman–Crippen LogP) is 14.0. The predicted molar refractivity (Wildman–Crippen MR) is 251 cm³/mol. The zero-order valence-corrected chi connectivity index (χ0v) is 34.8. The second kappa shape index (κ2) is 16.5. The first-order chi connectivity index (χ1) is 30.7. The van der Waals surface area contributed by atoms with Crippen molar-refractivity contribution in [3.05, 3.63) is 206 Å². The van der Waals surface area contributed by atoms with Crippen LogP contribution in [0.15, 0.2) is 226 Å². The van der Waals surface area contributed by atoms with Gasteiger partial charge in [-0.3, -0.25) is 0 Å². The van der Waals surface area contributed by atoms with E-state index in [-0.39, 0.29) is 0 Å². The van der Waals surface area contributed by atoms with Crippen LogP contribution in [-0.2, 0) is 0 Å². The Morgan fingerprint density at radius 1 is 0.226 bits per heavy atom. The molecule has 0 saturated heterocycles. The summed E-state index contributed by atoms with van der Waals surface area (Å²) in [6, 6.07) is 70.7. The monoisotopic (exact) mass is 830 g/mol. The molecule has 0 saturated carbocycles. The lowest BCUT2D eigenvalue weighted by molar-refractivity contribution is 1.05. The fourth-order valence-corrected chi connectivity index (χ4v) is 9.91. The second-order valence-corrected chi connectivity index (χ2v) is 16.9. The van der Waals surface area contributed by atoms with Gasteiger partial charge in [0.15, 0.2) is 34.9 Å². The zero-order chi connectivity index (χ0) is 41.2. The Hall–Kier alpha value is -7.52. The molecule has 0 amide bonds. The molecule has 10 aromatic rings. The SMILES string of the molecule is c1ccc(-c2nc(-c3ccccc3)nc(-c3ccc(-c4cccc(-c5cccc(-c6nc(-c7ccccc7)nc(-c7cccc8c7Sc7ccccc7S8)n6)c5)c4)cc3)n2)cc1. The molecule has 0 N–H and O–H groups in total. The topological polar surface area (TPSA) is 77.3 Å². The third kappa shape index (κ3) is 7.58. The largest absolute Gasteiger partial charge is 0.208 e. The van der Waals surface area contributed by atoms with Gasteiger partial charge in [0.2, 0.25) is 0 Å². The lowest BCUT2D eigenvalue weighted by atomic mass is 9.97. The summed E-state index contributed by atoms with van der Waals surface area (Å²) in [7, 11) is 0. The number of rotatable bonds is 8. The minimum Gasteiger partial charge on any atom is -0.208 e. The molecule has 0 spiro atoms.